The van der Waals surface area contributed by atoms with Gasteiger partial charge in [0.25, 0.3) is 0 Å². The Labute approximate surface area is 111 Å². The molecule has 0 saturated carbocycles. The number of nitrogens with one attached hydrogen (secondary N) is 1. The SMILES string of the molecule is COc1ccccc1CC(=O)NCCC(O)C(=O)O. The lowest BCUT2D eigenvalue weighted by atomic mass is 10.1. The third-order valence-corrected chi connectivity index (χ3v) is 2.57. The second-order valence-electron chi connectivity index (χ2n) is 3.98. The number of carbonyl (C=O) groups excluding carboxylic acids is 1. The number of para-hydroxylation sites is 1. The van der Waals surface area contributed by atoms with E-state index >= 15 is 0 Å². The molecular formula is C13H17NO5. The molecule has 0 aliphatic rings. The van der Waals surface area contributed by atoms with Gasteiger partial charge in [-0.3, -0.25) is 4.79 Å². The minimum atomic E-state index is -1.45. The Morgan fingerprint density at radius 3 is 2.68 bits per heavy atom. The number of hydrogen-bond acceptors (Lipinski definition) is 4. The number of aliphatic carboxylic acids is 1. The van der Waals surface area contributed by atoms with Crippen LogP contribution in [0.2, 0.25) is 0 Å². The summed E-state index contributed by atoms with van der Waals surface area (Å²) in [5.74, 6) is -0.913. The number of aliphatic hydroxyl groups is 1. The second kappa shape index (κ2) is 7.38. The molecule has 0 bridgehead atoms. The van der Waals surface area contributed by atoms with Crippen molar-refractivity contribution in [1.82, 2.24) is 5.32 Å². The third kappa shape index (κ3) is 4.97. The Balaban J connectivity index is 2.41. The maximum Gasteiger partial charge on any atom is 0.332 e. The maximum atomic E-state index is 11.6. The standard InChI is InChI=1S/C13H17NO5/c1-19-11-5-3-2-4-9(11)8-12(16)14-7-6-10(15)13(17)18/h2-5,10,15H,6-8H2,1H3,(H,14,16)(H,17,18). The predicted octanol–water partition coefficient (Wildman–Crippen LogP) is 0.189. The first-order chi connectivity index (χ1) is 9.04. The van der Waals surface area contributed by atoms with E-state index in [9.17, 15) is 9.59 Å². The van der Waals surface area contributed by atoms with Crippen molar-refractivity contribution < 1.29 is 24.5 Å². The Hall–Kier alpha value is -2.08. The Morgan fingerprint density at radius 1 is 1.37 bits per heavy atom. The van der Waals surface area contributed by atoms with Crippen molar-refractivity contribution >= 4 is 11.9 Å². The smallest absolute Gasteiger partial charge is 0.332 e. The Bertz CT molecular complexity index is 446. The molecule has 6 nitrogen and oxygen atoms in total. The highest BCUT2D eigenvalue weighted by atomic mass is 16.5. The number of carboxylic acids is 1. The summed E-state index contributed by atoms with van der Waals surface area (Å²) in [6.07, 6.45) is -1.33. The molecule has 104 valence electrons. The van der Waals surface area contributed by atoms with Gasteiger partial charge in [0.2, 0.25) is 5.91 Å². The van der Waals surface area contributed by atoms with E-state index in [1.165, 1.54) is 7.11 Å². The van der Waals surface area contributed by atoms with Gasteiger partial charge in [-0.15, -0.1) is 0 Å². The highest BCUT2D eigenvalue weighted by Crippen LogP contribution is 2.17. The van der Waals surface area contributed by atoms with Crippen molar-refractivity contribution in [3.8, 4) is 5.75 Å². The number of amides is 1. The summed E-state index contributed by atoms with van der Waals surface area (Å²) in [6, 6.07) is 7.16. The van der Waals surface area contributed by atoms with E-state index in [2.05, 4.69) is 5.32 Å². The first-order valence-electron chi connectivity index (χ1n) is 5.84. The molecule has 1 amide bonds. The number of aliphatic hydroxyl groups excluding tert-OH is 1. The molecule has 1 atom stereocenters. The molecule has 0 spiro atoms. The van der Waals surface area contributed by atoms with Crippen LogP contribution in [0.5, 0.6) is 5.75 Å². The number of hydrogen-bond donors (Lipinski definition) is 3. The zero-order valence-corrected chi connectivity index (χ0v) is 10.6. The van der Waals surface area contributed by atoms with Gasteiger partial charge in [-0.25, -0.2) is 4.79 Å². The molecule has 0 fully saturated rings. The van der Waals surface area contributed by atoms with Gasteiger partial charge >= 0.3 is 5.97 Å². The molecule has 1 rings (SSSR count). The molecule has 1 aromatic rings. The molecule has 0 aliphatic heterocycles. The van der Waals surface area contributed by atoms with Gasteiger partial charge in [-0.05, 0) is 6.07 Å². The largest absolute Gasteiger partial charge is 0.496 e. The van der Waals surface area contributed by atoms with Crippen molar-refractivity contribution in [2.24, 2.45) is 0 Å². The average molecular weight is 267 g/mol. The number of ether oxygens (including phenoxy) is 1. The maximum absolute atomic E-state index is 11.6. The highest BCUT2D eigenvalue weighted by molar-refractivity contribution is 5.79. The van der Waals surface area contributed by atoms with Crippen LogP contribution in [0.15, 0.2) is 24.3 Å². The van der Waals surface area contributed by atoms with Gasteiger partial charge in [0.05, 0.1) is 13.5 Å². The van der Waals surface area contributed by atoms with Crippen molar-refractivity contribution in [2.75, 3.05) is 13.7 Å². The first kappa shape index (κ1) is 15.0. The van der Waals surface area contributed by atoms with E-state index in [0.29, 0.717) is 5.75 Å². The lowest BCUT2D eigenvalue weighted by Crippen LogP contribution is -2.31. The molecule has 6 heteroatoms. The Kier molecular flexibility index (Phi) is 5.81. The number of rotatable bonds is 7. The molecule has 0 aromatic heterocycles. The van der Waals surface area contributed by atoms with Crippen LogP contribution < -0.4 is 10.1 Å². The van der Waals surface area contributed by atoms with E-state index in [1.54, 1.807) is 18.2 Å². The van der Waals surface area contributed by atoms with Crippen LogP contribution in [-0.4, -0.2) is 41.8 Å². The van der Waals surface area contributed by atoms with Crippen LogP contribution in [0, 0.1) is 0 Å². The third-order valence-electron chi connectivity index (χ3n) is 2.57. The topological polar surface area (TPSA) is 95.9 Å². The first-order valence-corrected chi connectivity index (χ1v) is 5.84. The van der Waals surface area contributed by atoms with E-state index < -0.39 is 12.1 Å². The zero-order chi connectivity index (χ0) is 14.3. The summed E-state index contributed by atoms with van der Waals surface area (Å²) in [4.78, 5) is 22.0. The van der Waals surface area contributed by atoms with Crippen molar-refractivity contribution in [3.63, 3.8) is 0 Å². The molecule has 1 aromatic carbocycles. The van der Waals surface area contributed by atoms with Gasteiger partial charge < -0.3 is 20.3 Å². The van der Waals surface area contributed by atoms with Crippen molar-refractivity contribution in [3.05, 3.63) is 29.8 Å². The van der Waals surface area contributed by atoms with Gasteiger partial charge in [-0.2, -0.15) is 0 Å². The highest BCUT2D eigenvalue weighted by Gasteiger charge is 2.13. The van der Waals surface area contributed by atoms with Crippen LogP contribution >= 0.6 is 0 Å². The van der Waals surface area contributed by atoms with Gasteiger partial charge in [0.1, 0.15) is 5.75 Å². The summed E-state index contributed by atoms with van der Waals surface area (Å²) in [6.45, 7) is 0.113. The normalized spacial score (nSPS) is 11.7. The molecule has 0 saturated heterocycles. The van der Waals surface area contributed by atoms with Gasteiger partial charge in [-0.1, -0.05) is 18.2 Å². The molecule has 0 radical (unpaired) electrons. The summed E-state index contributed by atoms with van der Waals surface area (Å²) in [7, 11) is 1.53. The molecule has 1 unspecified atom stereocenters. The van der Waals surface area contributed by atoms with Crippen molar-refractivity contribution in [2.45, 2.75) is 18.9 Å². The lowest BCUT2D eigenvalue weighted by Gasteiger charge is -2.09. The fourth-order valence-electron chi connectivity index (χ4n) is 1.56. The Morgan fingerprint density at radius 2 is 2.05 bits per heavy atom. The second-order valence-corrected chi connectivity index (χ2v) is 3.98. The number of carbonyl (C=O) groups is 2. The zero-order valence-electron chi connectivity index (χ0n) is 10.6. The van der Waals surface area contributed by atoms with E-state index in [4.69, 9.17) is 14.9 Å². The molecule has 19 heavy (non-hydrogen) atoms. The molecule has 0 heterocycles. The van der Waals surface area contributed by atoms with Crippen LogP contribution in [0.4, 0.5) is 0 Å². The van der Waals surface area contributed by atoms with Crippen LogP contribution in [0.1, 0.15) is 12.0 Å². The number of methoxy groups -OCH3 is 1. The minimum Gasteiger partial charge on any atom is -0.496 e. The number of carboxylic acid groups (broad SMARTS) is 1. The summed E-state index contributed by atoms with van der Waals surface area (Å²) >= 11 is 0. The van der Waals surface area contributed by atoms with Crippen LogP contribution in [-0.2, 0) is 16.0 Å². The van der Waals surface area contributed by atoms with Crippen molar-refractivity contribution in [1.29, 1.82) is 0 Å². The molecule has 0 aliphatic carbocycles. The van der Waals surface area contributed by atoms with Gasteiger partial charge in [0, 0.05) is 18.5 Å². The van der Waals surface area contributed by atoms with Crippen LogP contribution in [0.3, 0.4) is 0 Å². The fourth-order valence-corrected chi connectivity index (χ4v) is 1.56. The van der Waals surface area contributed by atoms with E-state index in [1.807, 2.05) is 6.07 Å². The number of benzene rings is 1. The monoisotopic (exact) mass is 267 g/mol. The van der Waals surface area contributed by atoms with Crippen LogP contribution in [0.25, 0.3) is 0 Å². The minimum absolute atomic E-state index is 0.0208. The summed E-state index contributed by atoms with van der Waals surface area (Å²) in [5, 5.41) is 20.1. The predicted molar refractivity (Wildman–Crippen MR) is 68.0 cm³/mol. The summed E-state index contributed by atoms with van der Waals surface area (Å²) < 4.78 is 5.12. The average Bonchev–Trinajstić information content (AvgIpc) is 2.39. The van der Waals surface area contributed by atoms with E-state index in [0.717, 1.165) is 5.56 Å². The summed E-state index contributed by atoms with van der Waals surface area (Å²) in [5.41, 5.74) is 0.751. The van der Waals surface area contributed by atoms with E-state index in [-0.39, 0.29) is 25.3 Å². The molecule has 3 N–H and O–H groups in total. The lowest BCUT2D eigenvalue weighted by molar-refractivity contribution is -0.147. The fraction of sp³-hybridized carbons (Fsp3) is 0.385. The molecular weight excluding hydrogens is 250 g/mol. The van der Waals surface area contributed by atoms with Gasteiger partial charge in [0.15, 0.2) is 6.10 Å². The quantitative estimate of drug-likeness (QED) is 0.655.